The zero-order chi connectivity index (χ0) is 14.4. The van der Waals surface area contributed by atoms with E-state index >= 15 is 0 Å². The lowest BCUT2D eigenvalue weighted by atomic mass is 10.1. The Bertz CT molecular complexity index is 422. The Hall–Kier alpha value is -1.17. The Morgan fingerprint density at radius 2 is 2.35 bits per heavy atom. The predicted octanol–water partition coefficient (Wildman–Crippen LogP) is 1.73. The van der Waals surface area contributed by atoms with Crippen molar-refractivity contribution in [1.29, 1.82) is 0 Å². The molecule has 0 aliphatic carbocycles. The number of aromatic hydroxyl groups is 1. The monoisotopic (exact) mass is 282 g/mol. The molecule has 1 fully saturated rings. The number of phenolic OH excluding ortho intramolecular Hbond substituents is 1. The van der Waals surface area contributed by atoms with Gasteiger partial charge in [0.05, 0.1) is 6.61 Å². The minimum Gasteiger partial charge on any atom is -0.508 e. The molecule has 0 bridgehead atoms. The smallest absolute Gasteiger partial charge is 0.123 e. The van der Waals surface area contributed by atoms with Crippen LogP contribution in [0, 0.1) is 5.82 Å². The summed E-state index contributed by atoms with van der Waals surface area (Å²) in [4.78, 5) is 2.20. The number of rotatable bonds is 7. The second-order valence-electron chi connectivity index (χ2n) is 5.29. The lowest BCUT2D eigenvalue weighted by Crippen LogP contribution is -2.38. The van der Waals surface area contributed by atoms with E-state index in [-0.39, 0.29) is 11.6 Å². The number of nitrogens with one attached hydrogen (secondary N) is 1. The van der Waals surface area contributed by atoms with Crippen LogP contribution >= 0.6 is 0 Å². The Morgan fingerprint density at radius 3 is 3.05 bits per heavy atom. The molecule has 0 aromatic heterocycles. The van der Waals surface area contributed by atoms with E-state index in [2.05, 4.69) is 10.2 Å². The van der Waals surface area contributed by atoms with Crippen LogP contribution in [-0.4, -0.2) is 49.4 Å². The van der Waals surface area contributed by atoms with Crippen LogP contribution in [0.1, 0.15) is 18.4 Å². The summed E-state index contributed by atoms with van der Waals surface area (Å²) in [7, 11) is 1.67. The Morgan fingerprint density at radius 1 is 1.50 bits per heavy atom. The Kier molecular flexibility index (Phi) is 5.76. The van der Waals surface area contributed by atoms with E-state index in [0.717, 1.165) is 19.6 Å². The van der Waals surface area contributed by atoms with Crippen molar-refractivity contribution in [3.8, 4) is 5.75 Å². The minimum absolute atomic E-state index is 0.146. The molecule has 2 N–H and O–H groups in total. The number of hydrogen-bond acceptors (Lipinski definition) is 4. The van der Waals surface area contributed by atoms with Crippen LogP contribution in [0.25, 0.3) is 0 Å². The van der Waals surface area contributed by atoms with Crippen LogP contribution in [-0.2, 0) is 11.3 Å². The molecule has 1 aliphatic heterocycles. The minimum atomic E-state index is -0.316. The molecular weight excluding hydrogens is 259 g/mol. The van der Waals surface area contributed by atoms with Crippen molar-refractivity contribution in [3.63, 3.8) is 0 Å². The highest BCUT2D eigenvalue weighted by Crippen LogP contribution is 2.20. The van der Waals surface area contributed by atoms with Crippen LogP contribution in [0.3, 0.4) is 0 Å². The molecule has 4 nitrogen and oxygen atoms in total. The molecule has 0 spiro atoms. The number of halogens is 1. The summed E-state index contributed by atoms with van der Waals surface area (Å²) in [6.07, 6.45) is 2.37. The Labute approximate surface area is 119 Å². The van der Waals surface area contributed by atoms with E-state index < -0.39 is 0 Å². The molecule has 112 valence electrons. The average molecular weight is 282 g/mol. The fourth-order valence-electron chi connectivity index (χ4n) is 2.60. The first-order valence-corrected chi connectivity index (χ1v) is 7.11. The van der Waals surface area contributed by atoms with Gasteiger partial charge in [-0.15, -0.1) is 0 Å². The van der Waals surface area contributed by atoms with Crippen molar-refractivity contribution in [2.45, 2.75) is 25.4 Å². The second-order valence-corrected chi connectivity index (χ2v) is 5.29. The zero-order valence-corrected chi connectivity index (χ0v) is 11.9. The number of ether oxygens (including phenoxy) is 1. The van der Waals surface area contributed by atoms with Gasteiger partial charge in [-0.05, 0) is 37.6 Å². The van der Waals surface area contributed by atoms with E-state index in [9.17, 15) is 9.50 Å². The lowest BCUT2D eigenvalue weighted by Gasteiger charge is -2.25. The van der Waals surface area contributed by atoms with Crippen molar-refractivity contribution in [2.24, 2.45) is 0 Å². The summed E-state index contributed by atoms with van der Waals surface area (Å²) in [6, 6.07) is 4.56. The number of nitrogens with zero attached hydrogens (tertiary/aromatic N) is 1. The highest BCUT2D eigenvalue weighted by atomic mass is 19.1. The molecule has 1 saturated heterocycles. The van der Waals surface area contributed by atoms with E-state index in [0.29, 0.717) is 24.8 Å². The highest BCUT2D eigenvalue weighted by molar-refractivity contribution is 5.32. The fourth-order valence-corrected chi connectivity index (χ4v) is 2.60. The van der Waals surface area contributed by atoms with Gasteiger partial charge in [-0.2, -0.15) is 0 Å². The third-order valence-corrected chi connectivity index (χ3v) is 3.69. The van der Waals surface area contributed by atoms with Gasteiger partial charge < -0.3 is 15.2 Å². The molecule has 1 heterocycles. The summed E-state index contributed by atoms with van der Waals surface area (Å²) in [6.45, 7) is 3.88. The summed E-state index contributed by atoms with van der Waals surface area (Å²) < 4.78 is 18.4. The quantitative estimate of drug-likeness (QED) is 0.799. The van der Waals surface area contributed by atoms with E-state index in [1.54, 1.807) is 7.11 Å². The van der Waals surface area contributed by atoms with Crippen molar-refractivity contribution in [2.75, 3.05) is 33.4 Å². The molecule has 0 saturated carbocycles. The van der Waals surface area contributed by atoms with Crippen molar-refractivity contribution < 1.29 is 14.2 Å². The van der Waals surface area contributed by atoms with Crippen molar-refractivity contribution in [3.05, 3.63) is 29.6 Å². The maximum Gasteiger partial charge on any atom is 0.123 e. The molecule has 0 radical (unpaired) electrons. The van der Waals surface area contributed by atoms with Gasteiger partial charge in [-0.1, -0.05) is 0 Å². The van der Waals surface area contributed by atoms with Crippen molar-refractivity contribution in [1.82, 2.24) is 10.2 Å². The van der Waals surface area contributed by atoms with Gasteiger partial charge in [0.2, 0.25) is 0 Å². The number of phenols is 1. The topological polar surface area (TPSA) is 44.7 Å². The van der Waals surface area contributed by atoms with E-state index in [1.165, 1.54) is 31.0 Å². The maximum atomic E-state index is 13.3. The molecule has 20 heavy (non-hydrogen) atoms. The summed E-state index contributed by atoms with van der Waals surface area (Å²) in [5.41, 5.74) is 0.624. The largest absolute Gasteiger partial charge is 0.508 e. The first kappa shape index (κ1) is 15.2. The summed E-state index contributed by atoms with van der Waals surface area (Å²) in [5, 5.41) is 13.3. The molecule has 1 aromatic rings. The summed E-state index contributed by atoms with van der Waals surface area (Å²) >= 11 is 0. The highest BCUT2D eigenvalue weighted by Gasteiger charge is 2.18. The third-order valence-electron chi connectivity index (χ3n) is 3.69. The van der Waals surface area contributed by atoms with Gasteiger partial charge in [0.25, 0.3) is 0 Å². The molecule has 1 aromatic carbocycles. The molecular formula is C15H23FN2O2. The average Bonchev–Trinajstić information content (AvgIpc) is 2.93. The third kappa shape index (κ3) is 4.44. The Balaban J connectivity index is 1.99. The predicted molar refractivity (Wildman–Crippen MR) is 76.2 cm³/mol. The van der Waals surface area contributed by atoms with Crippen LogP contribution in [0.4, 0.5) is 4.39 Å². The lowest BCUT2D eigenvalue weighted by molar-refractivity contribution is 0.137. The number of benzene rings is 1. The van der Waals surface area contributed by atoms with E-state index in [1.807, 2.05) is 0 Å². The first-order chi connectivity index (χ1) is 9.69. The molecule has 1 aliphatic rings. The first-order valence-electron chi connectivity index (χ1n) is 7.11. The second kappa shape index (κ2) is 7.57. The molecule has 1 unspecified atom stereocenters. The fraction of sp³-hybridized carbons (Fsp3) is 0.600. The van der Waals surface area contributed by atoms with Gasteiger partial charge in [0, 0.05) is 38.3 Å². The van der Waals surface area contributed by atoms with Gasteiger partial charge in [-0.25, -0.2) is 4.39 Å². The van der Waals surface area contributed by atoms with Crippen LogP contribution in [0.2, 0.25) is 0 Å². The standard InChI is InChI=1S/C15H23FN2O2/c1-20-8-7-18(11-14-3-2-6-17-14)10-12-9-13(16)4-5-15(12)19/h4-5,9,14,17,19H,2-3,6-8,10-11H2,1H3. The normalized spacial score (nSPS) is 18.9. The van der Waals surface area contributed by atoms with Crippen molar-refractivity contribution >= 4 is 0 Å². The van der Waals surface area contributed by atoms with Gasteiger partial charge in [-0.3, -0.25) is 4.90 Å². The molecule has 2 rings (SSSR count). The summed E-state index contributed by atoms with van der Waals surface area (Å²) in [5.74, 6) is -0.170. The molecule has 0 amide bonds. The van der Waals surface area contributed by atoms with Gasteiger partial charge >= 0.3 is 0 Å². The number of methoxy groups -OCH3 is 1. The van der Waals surface area contributed by atoms with Crippen LogP contribution in [0.15, 0.2) is 18.2 Å². The SMILES string of the molecule is COCCN(Cc1cc(F)ccc1O)CC1CCCN1. The van der Waals surface area contributed by atoms with Crippen LogP contribution < -0.4 is 5.32 Å². The number of hydrogen-bond donors (Lipinski definition) is 2. The van der Waals surface area contributed by atoms with Gasteiger partial charge in [0.1, 0.15) is 11.6 Å². The zero-order valence-electron chi connectivity index (χ0n) is 11.9. The van der Waals surface area contributed by atoms with E-state index in [4.69, 9.17) is 4.74 Å². The molecule has 1 atom stereocenters. The van der Waals surface area contributed by atoms with Crippen LogP contribution in [0.5, 0.6) is 5.75 Å². The molecule has 5 heteroatoms. The van der Waals surface area contributed by atoms with Gasteiger partial charge in [0.15, 0.2) is 0 Å². The maximum absolute atomic E-state index is 13.3.